The molecule has 120 valence electrons. The van der Waals surface area contributed by atoms with Crippen LogP contribution in [0.3, 0.4) is 0 Å². The maximum Gasteiger partial charge on any atom is 0.110 e. The molecule has 5 heteroatoms. The number of nitrogens with one attached hydrogen (secondary N) is 2. The zero-order valence-corrected chi connectivity index (χ0v) is 13.5. The van der Waals surface area contributed by atoms with Crippen LogP contribution >= 0.6 is 0 Å². The highest BCUT2D eigenvalue weighted by molar-refractivity contribution is 5.74. The van der Waals surface area contributed by atoms with Gasteiger partial charge in [-0.1, -0.05) is 19.1 Å². The van der Waals surface area contributed by atoms with Crippen molar-refractivity contribution in [2.45, 2.75) is 38.6 Å². The summed E-state index contributed by atoms with van der Waals surface area (Å²) in [7, 11) is 0. The number of fused-ring (bicyclic) bond motifs is 1. The Morgan fingerprint density at radius 3 is 2.78 bits per heavy atom. The lowest BCUT2D eigenvalue weighted by molar-refractivity contribution is 0.200. The number of nitrogens with zero attached hydrogens (tertiary/aromatic N) is 3. The molecule has 0 spiro atoms. The Bertz CT molecular complexity index is 746. The molecule has 1 aromatic carbocycles. The normalized spacial score (nSPS) is 17.1. The highest BCUT2D eigenvalue weighted by atomic mass is 15.2. The fourth-order valence-electron chi connectivity index (χ4n) is 3.44. The number of rotatable bonds is 4. The lowest BCUT2D eigenvalue weighted by atomic mass is 9.96. The second-order valence-corrected chi connectivity index (χ2v) is 6.43. The molecule has 0 saturated carbocycles. The molecular weight excluding hydrogens is 286 g/mol. The van der Waals surface area contributed by atoms with Crippen molar-refractivity contribution in [3.63, 3.8) is 0 Å². The van der Waals surface area contributed by atoms with Gasteiger partial charge in [0.05, 0.1) is 16.7 Å². The number of aromatic amines is 2. The van der Waals surface area contributed by atoms with Crippen molar-refractivity contribution in [3.8, 4) is 0 Å². The summed E-state index contributed by atoms with van der Waals surface area (Å²) in [6.07, 6.45) is 3.31. The molecule has 5 nitrogen and oxygen atoms in total. The quantitative estimate of drug-likeness (QED) is 0.778. The molecule has 0 atom stereocenters. The number of aromatic nitrogens is 4. The van der Waals surface area contributed by atoms with E-state index in [-0.39, 0.29) is 0 Å². The zero-order chi connectivity index (χ0) is 15.6. The van der Waals surface area contributed by atoms with Gasteiger partial charge in [-0.3, -0.25) is 10.00 Å². The Morgan fingerprint density at radius 1 is 1.22 bits per heavy atom. The number of benzene rings is 1. The van der Waals surface area contributed by atoms with Crippen molar-refractivity contribution in [1.82, 2.24) is 25.1 Å². The fourth-order valence-corrected chi connectivity index (χ4v) is 3.44. The molecule has 3 heterocycles. The number of imidazole rings is 1. The van der Waals surface area contributed by atoms with Gasteiger partial charge in [0.2, 0.25) is 0 Å². The van der Waals surface area contributed by atoms with E-state index in [1.807, 2.05) is 6.07 Å². The summed E-state index contributed by atoms with van der Waals surface area (Å²) in [5.41, 5.74) is 4.60. The van der Waals surface area contributed by atoms with E-state index in [0.717, 1.165) is 61.4 Å². The molecule has 1 aliphatic rings. The molecule has 3 aromatic rings. The van der Waals surface area contributed by atoms with Gasteiger partial charge in [-0.05, 0) is 50.6 Å². The molecule has 0 amide bonds. The Morgan fingerprint density at radius 2 is 2.04 bits per heavy atom. The molecule has 4 rings (SSSR count). The third-order valence-electron chi connectivity index (χ3n) is 4.82. The van der Waals surface area contributed by atoms with Gasteiger partial charge in [0.25, 0.3) is 0 Å². The van der Waals surface area contributed by atoms with Crippen molar-refractivity contribution < 1.29 is 0 Å². The van der Waals surface area contributed by atoms with Crippen LogP contribution in [-0.4, -0.2) is 38.2 Å². The van der Waals surface area contributed by atoms with Crippen LogP contribution in [0.5, 0.6) is 0 Å². The van der Waals surface area contributed by atoms with E-state index in [2.05, 4.69) is 51.3 Å². The predicted octanol–water partition coefficient (Wildman–Crippen LogP) is 3.23. The number of para-hydroxylation sites is 2. The van der Waals surface area contributed by atoms with Gasteiger partial charge < -0.3 is 4.98 Å². The molecular formula is C18H23N5. The molecule has 0 aliphatic carbocycles. The van der Waals surface area contributed by atoms with Gasteiger partial charge in [0.15, 0.2) is 0 Å². The van der Waals surface area contributed by atoms with E-state index in [9.17, 15) is 0 Å². The number of piperidine rings is 1. The fraction of sp³-hybridized carbons (Fsp3) is 0.444. The maximum atomic E-state index is 4.77. The monoisotopic (exact) mass is 309 g/mol. The van der Waals surface area contributed by atoms with Crippen LogP contribution < -0.4 is 0 Å². The number of H-pyrrole nitrogens is 2. The molecule has 0 unspecified atom stereocenters. The molecule has 2 N–H and O–H groups in total. The second-order valence-electron chi connectivity index (χ2n) is 6.43. The average molecular weight is 309 g/mol. The van der Waals surface area contributed by atoms with Crippen LogP contribution in [-0.2, 0) is 13.0 Å². The summed E-state index contributed by atoms with van der Waals surface area (Å²) >= 11 is 0. The SMILES string of the molecule is CCc1cc(CN2CCC(c3nc4ccccc4[nH]3)CC2)[nH]n1. The summed E-state index contributed by atoms with van der Waals surface area (Å²) in [6.45, 7) is 5.34. The second kappa shape index (κ2) is 6.16. The third kappa shape index (κ3) is 3.01. The van der Waals surface area contributed by atoms with Gasteiger partial charge in [0, 0.05) is 18.2 Å². The molecule has 0 bridgehead atoms. The number of likely N-dealkylation sites (tertiary alicyclic amines) is 1. The Labute approximate surface area is 136 Å². The van der Waals surface area contributed by atoms with Crippen LogP contribution in [0, 0.1) is 0 Å². The molecule has 2 aromatic heterocycles. The Kier molecular flexibility index (Phi) is 3.87. The van der Waals surface area contributed by atoms with Gasteiger partial charge in [-0.2, -0.15) is 5.10 Å². The van der Waals surface area contributed by atoms with Crippen molar-refractivity contribution in [2.75, 3.05) is 13.1 Å². The van der Waals surface area contributed by atoms with Crippen LogP contribution in [0.1, 0.15) is 42.9 Å². The molecule has 1 aliphatic heterocycles. The minimum Gasteiger partial charge on any atom is -0.342 e. The summed E-state index contributed by atoms with van der Waals surface area (Å²) in [5, 5.41) is 7.47. The lowest BCUT2D eigenvalue weighted by Gasteiger charge is -2.30. The highest BCUT2D eigenvalue weighted by Crippen LogP contribution is 2.28. The molecule has 1 saturated heterocycles. The largest absolute Gasteiger partial charge is 0.342 e. The van der Waals surface area contributed by atoms with Gasteiger partial charge >= 0.3 is 0 Å². The molecule has 23 heavy (non-hydrogen) atoms. The van der Waals surface area contributed by atoms with E-state index in [4.69, 9.17) is 4.98 Å². The number of aryl methyl sites for hydroxylation is 1. The standard InChI is InChI=1S/C18H23N5/c1-2-14-11-15(22-21-14)12-23-9-7-13(8-10-23)18-19-16-5-3-4-6-17(16)20-18/h3-6,11,13H,2,7-10,12H2,1H3,(H,19,20)(H,21,22). The van der Waals surface area contributed by atoms with Crippen molar-refractivity contribution in [3.05, 3.63) is 47.5 Å². The third-order valence-corrected chi connectivity index (χ3v) is 4.82. The zero-order valence-electron chi connectivity index (χ0n) is 13.5. The first-order valence-electron chi connectivity index (χ1n) is 8.52. The van der Waals surface area contributed by atoms with Gasteiger partial charge in [0.1, 0.15) is 5.82 Å². The van der Waals surface area contributed by atoms with Crippen molar-refractivity contribution in [2.24, 2.45) is 0 Å². The molecule has 1 fully saturated rings. The summed E-state index contributed by atoms with van der Waals surface area (Å²) < 4.78 is 0. The maximum absolute atomic E-state index is 4.77. The van der Waals surface area contributed by atoms with Crippen molar-refractivity contribution in [1.29, 1.82) is 0 Å². The predicted molar refractivity (Wildman–Crippen MR) is 91.3 cm³/mol. The lowest BCUT2D eigenvalue weighted by Crippen LogP contribution is -2.32. The Hall–Kier alpha value is -2.14. The number of hydrogen-bond donors (Lipinski definition) is 2. The number of hydrogen-bond acceptors (Lipinski definition) is 3. The van der Waals surface area contributed by atoms with Crippen LogP contribution in [0.15, 0.2) is 30.3 Å². The summed E-state index contributed by atoms with van der Waals surface area (Å²) in [6, 6.07) is 10.5. The summed E-state index contributed by atoms with van der Waals surface area (Å²) in [4.78, 5) is 10.8. The van der Waals surface area contributed by atoms with E-state index < -0.39 is 0 Å². The summed E-state index contributed by atoms with van der Waals surface area (Å²) in [5.74, 6) is 1.70. The van der Waals surface area contributed by atoms with E-state index in [1.54, 1.807) is 0 Å². The van der Waals surface area contributed by atoms with Crippen LogP contribution in [0.4, 0.5) is 0 Å². The van der Waals surface area contributed by atoms with Crippen LogP contribution in [0.2, 0.25) is 0 Å². The van der Waals surface area contributed by atoms with Crippen LogP contribution in [0.25, 0.3) is 11.0 Å². The van der Waals surface area contributed by atoms with Crippen molar-refractivity contribution >= 4 is 11.0 Å². The smallest absolute Gasteiger partial charge is 0.110 e. The van der Waals surface area contributed by atoms with E-state index in [0.29, 0.717) is 5.92 Å². The molecule has 0 radical (unpaired) electrons. The van der Waals surface area contributed by atoms with E-state index >= 15 is 0 Å². The van der Waals surface area contributed by atoms with E-state index in [1.165, 1.54) is 5.69 Å². The highest BCUT2D eigenvalue weighted by Gasteiger charge is 2.23. The first-order valence-corrected chi connectivity index (χ1v) is 8.52. The first kappa shape index (κ1) is 14.5. The van der Waals surface area contributed by atoms with Gasteiger partial charge in [-0.25, -0.2) is 4.98 Å². The minimum absolute atomic E-state index is 0.548. The topological polar surface area (TPSA) is 60.6 Å². The minimum atomic E-state index is 0.548. The Balaban J connectivity index is 1.38. The average Bonchev–Trinajstić information content (AvgIpc) is 3.21. The first-order chi connectivity index (χ1) is 11.3. The van der Waals surface area contributed by atoms with Gasteiger partial charge in [-0.15, -0.1) is 0 Å².